The van der Waals surface area contributed by atoms with E-state index in [4.69, 9.17) is 16.0 Å². The van der Waals surface area contributed by atoms with Gasteiger partial charge in [0.05, 0.1) is 0 Å². The normalized spacial score (nSPS) is 10.7. The molecule has 5 heteroatoms. The van der Waals surface area contributed by atoms with Crippen molar-refractivity contribution in [2.45, 2.75) is 6.92 Å². The Hall–Kier alpha value is -2.33. The van der Waals surface area contributed by atoms with Crippen molar-refractivity contribution < 1.29 is 9.21 Å². The number of amides is 1. The van der Waals surface area contributed by atoms with Crippen molar-refractivity contribution in [3.63, 3.8) is 0 Å². The number of halogens is 1. The topological polar surface area (TPSA) is 55.1 Å². The molecule has 0 aliphatic heterocycles. The number of aromatic nitrogens is 1. The molecule has 3 rings (SSSR count). The number of nitrogens with one attached hydrogen (secondary N) is 1. The van der Waals surface area contributed by atoms with Crippen LogP contribution in [0, 0.1) is 6.92 Å². The zero-order valence-corrected chi connectivity index (χ0v) is 11.4. The maximum absolute atomic E-state index is 12.2. The fourth-order valence-electron chi connectivity index (χ4n) is 2.04. The van der Waals surface area contributed by atoms with Crippen LogP contribution in [-0.2, 0) is 0 Å². The Morgan fingerprint density at radius 3 is 2.85 bits per heavy atom. The van der Waals surface area contributed by atoms with Crippen molar-refractivity contribution in [3.8, 4) is 0 Å². The molecule has 1 amide bonds. The van der Waals surface area contributed by atoms with Gasteiger partial charge in [-0.3, -0.25) is 4.79 Å². The number of furan rings is 1. The van der Waals surface area contributed by atoms with Crippen LogP contribution in [0.15, 0.2) is 47.0 Å². The molecule has 0 atom stereocenters. The molecule has 1 aromatic carbocycles. The first-order chi connectivity index (χ1) is 9.65. The standard InChI is InChI=1S/C15H11ClN2O2/c1-9-11-4-2-3-5-12(11)20-14(9)15(19)18-13-8-10(16)6-7-17-13/h2-8H,1H3,(H,17,18,19). The molecule has 3 aromatic rings. The first-order valence-electron chi connectivity index (χ1n) is 6.06. The predicted molar refractivity (Wildman–Crippen MR) is 78.2 cm³/mol. The van der Waals surface area contributed by atoms with Crippen molar-refractivity contribution in [2.75, 3.05) is 5.32 Å². The SMILES string of the molecule is Cc1c(C(=O)Nc2cc(Cl)ccn2)oc2ccccc12. The van der Waals surface area contributed by atoms with Gasteiger partial charge in [-0.2, -0.15) is 0 Å². The second-order valence-electron chi connectivity index (χ2n) is 4.37. The van der Waals surface area contributed by atoms with Crippen LogP contribution in [0.5, 0.6) is 0 Å². The number of pyridine rings is 1. The van der Waals surface area contributed by atoms with E-state index in [2.05, 4.69) is 10.3 Å². The van der Waals surface area contributed by atoms with Crippen molar-refractivity contribution >= 4 is 34.3 Å². The number of nitrogens with zero attached hydrogens (tertiary/aromatic N) is 1. The number of anilines is 1. The van der Waals surface area contributed by atoms with E-state index < -0.39 is 0 Å². The summed E-state index contributed by atoms with van der Waals surface area (Å²) >= 11 is 5.86. The Bertz CT molecular complexity index is 795. The Balaban J connectivity index is 1.95. The lowest BCUT2D eigenvalue weighted by Gasteiger charge is -2.02. The van der Waals surface area contributed by atoms with Crippen LogP contribution in [0.1, 0.15) is 16.1 Å². The second kappa shape index (κ2) is 4.98. The third-order valence-electron chi connectivity index (χ3n) is 3.01. The minimum Gasteiger partial charge on any atom is -0.451 e. The van der Waals surface area contributed by atoms with Gasteiger partial charge in [-0.1, -0.05) is 29.8 Å². The molecule has 0 aliphatic carbocycles. The van der Waals surface area contributed by atoms with E-state index in [9.17, 15) is 4.79 Å². The Morgan fingerprint density at radius 1 is 1.30 bits per heavy atom. The molecule has 0 saturated carbocycles. The highest BCUT2D eigenvalue weighted by molar-refractivity contribution is 6.30. The van der Waals surface area contributed by atoms with Crippen LogP contribution >= 0.6 is 11.6 Å². The lowest BCUT2D eigenvalue weighted by atomic mass is 10.1. The summed E-state index contributed by atoms with van der Waals surface area (Å²) in [7, 11) is 0. The first kappa shape index (κ1) is 12.7. The van der Waals surface area contributed by atoms with Crippen molar-refractivity contribution in [1.82, 2.24) is 4.98 Å². The van der Waals surface area contributed by atoms with Gasteiger partial charge in [0, 0.05) is 22.2 Å². The Morgan fingerprint density at radius 2 is 2.10 bits per heavy atom. The number of carbonyl (C=O) groups is 1. The number of aryl methyl sites for hydroxylation is 1. The molecule has 4 nitrogen and oxygen atoms in total. The summed E-state index contributed by atoms with van der Waals surface area (Å²) in [6, 6.07) is 10.7. The van der Waals surface area contributed by atoms with E-state index in [-0.39, 0.29) is 11.7 Å². The van der Waals surface area contributed by atoms with Gasteiger partial charge in [0.1, 0.15) is 11.4 Å². The Kier molecular flexibility index (Phi) is 3.16. The van der Waals surface area contributed by atoms with Gasteiger partial charge in [-0.25, -0.2) is 4.98 Å². The number of benzene rings is 1. The Labute approximate surface area is 120 Å². The molecule has 0 aliphatic rings. The van der Waals surface area contributed by atoms with E-state index in [1.165, 1.54) is 6.20 Å². The third-order valence-corrected chi connectivity index (χ3v) is 3.25. The van der Waals surface area contributed by atoms with Gasteiger partial charge in [-0.15, -0.1) is 0 Å². The van der Waals surface area contributed by atoms with Crippen LogP contribution < -0.4 is 5.32 Å². The van der Waals surface area contributed by atoms with E-state index in [0.717, 1.165) is 10.9 Å². The number of para-hydroxylation sites is 1. The third kappa shape index (κ3) is 2.26. The molecule has 100 valence electrons. The molecule has 20 heavy (non-hydrogen) atoms. The van der Waals surface area contributed by atoms with Gasteiger partial charge in [0.25, 0.3) is 5.91 Å². The summed E-state index contributed by atoms with van der Waals surface area (Å²) in [6.07, 6.45) is 1.53. The zero-order chi connectivity index (χ0) is 14.1. The predicted octanol–water partition coefficient (Wildman–Crippen LogP) is 4.04. The van der Waals surface area contributed by atoms with Gasteiger partial charge < -0.3 is 9.73 Å². The minimum absolute atomic E-state index is 0.285. The van der Waals surface area contributed by atoms with Gasteiger partial charge in [0.15, 0.2) is 5.76 Å². The second-order valence-corrected chi connectivity index (χ2v) is 4.80. The molecule has 0 bridgehead atoms. The highest BCUT2D eigenvalue weighted by Gasteiger charge is 2.17. The number of fused-ring (bicyclic) bond motifs is 1. The summed E-state index contributed by atoms with van der Waals surface area (Å²) in [6.45, 7) is 1.85. The number of hydrogen-bond donors (Lipinski definition) is 1. The highest BCUT2D eigenvalue weighted by atomic mass is 35.5. The average Bonchev–Trinajstić information content (AvgIpc) is 2.77. The van der Waals surface area contributed by atoms with Crippen LogP contribution in [0.25, 0.3) is 11.0 Å². The van der Waals surface area contributed by atoms with Crippen LogP contribution in [0.4, 0.5) is 5.82 Å². The van der Waals surface area contributed by atoms with Crippen molar-refractivity contribution in [1.29, 1.82) is 0 Å². The quantitative estimate of drug-likeness (QED) is 0.773. The van der Waals surface area contributed by atoms with Gasteiger partial charge in [0.2, 0.25) is 0 Å². The van der Waals surface area contributed by atoms with E-state index in [1.807, 2.05) is 31.2 Å². The molecule has 0 saturated heterocycles. The fraction of sp³-hybridized carbons (Fsp3) is 0.0667. The smallest absolute Gasteiger partial charge is 0.292 e. The first-order valence-corrected chi connectivity index (χ1v) is 6.44. The van der Waals surface area contributed by atoms with Crippen molar-refractivity contribution in [3.05, 3.63) is 58.9 Å². The molecule has 2 heterocycles. The summed E-state index contributed by atoms with van der Waals surface area (Å²) < 4.78 is 5.59. The maximum Gasteiger partial charge on any atom is 0.292 e. The largest absolute Gasteiger partial charge is 0.451 e. The lowest BCUT2D eigenvalue weighted by molar-refractivity contribution is 0.0997. The molecule has 0 fully saturated rings. The fourth-order valence-corrected chi connectivity index (χ4v) is 2.20. The summed E-state index contributed by atoms with van der Waals surface area (Å²) in [4.78, 5) is 16.3. The van der Waals surface area contributed by atoms with Gasteiger partial charge >= 0.3 is 0 Å². The molecule has 0 unspecified atom stereocenters. The van der Waals surface area contributed by atoms with Crippen LogP contribution in [0.2, 0.25) is 5.02 Å². The zero-order valence-electron chi connectivity index (χ0n) is 10.7. The molecular formula is C15H11ClN2O2. The number of carbonyl (C=O) groups excluding carboxylic acids is 1. The van der Waals surface area contributed by atoms with Crippen molar-refractivity contribution in [2.24, 2.45) is 0 Å². The average molecular weight is 287 g/mol. The summed E-state index contributed by atoms with van der Waals surface area (Å²) in [5.41, 5.74) is 1.49. The van der Waals surface area contributed by atoms with Crippen LogP contribution in [-0.4, -0.2) is 10.9 Å². The molecular weight excluding hydrogens is 276 g/mol. The van der Waals surface area contributed by atoms with E-state index in [0.29, 0.717) is 16.4 Å². The number of hydrogen-bond acceptors (Lipinski definition) is 3. The van der Waals surface area contributed by atoms with Crippen LogP contribution in [0.3, 0.4) is 0 Å². The molecule has 0 spiro atoms. The minimum atomic E-state index is -0.339. The highest BCUT2D eigenvalue weighted by Crippen LogP contribution is 2.25. The lowest BCUT2D eigenvalue weighted by Crippen LogP contribution is -2.13. The number of rotatable bonds is 2. The monoisotopic (exact) mass is 286 g/mol. The van der Waals surface area contributed by atoms with Gasteiger partial charge in [-0.05, 0) is 25.1 Å². The molecule has 0 radical (unpaired) electrons. The summed E-state index contributed by atoms with van der Waals surface area (Å²) in [5, 5.41) is 4.11. The summed E-state index contributed by atoms with van der Waals surface area (Å²) in [5.74, 6) is 0.337. The van der Waals surface area contributed by atoms with E-state index >= 15 is 0 Å². The maximum atomic E-state index is 12.2. The molecule has 1 N–H and O–H groups in total. The molecule has 2 aromatic heterocycles. The van der Waals surface area contributed by atoms with E-state index in [1.54, 1.807) is 12.1 Å².